The molecule has 0 bridgehead atoms. The Balaban J connectivity index is 2.91. The summed E-state index contributed by atoms with van der Waals surface area (Å²) >= 11 is 0. The average Bonchev–Trinajstić information content (AvgIpc) is 1.82. The molecule has 0 saturated carbocycles. The highest BCUT2D eigenvalue weighted by atomic mass is 32.2. The summed E-state index contributed by atoms with van der Waals surface area (Å²) in [6.07, 6.45) is 3.16. The van der Waals surface area contributed by atoms with Crippen LogP contribution in [-0.4, -0.2) is 13.4 Å². The summed E-state index contributed by atoms with van der Waals surface area (Å²) in [7, 11) is -3.43. The predicted octanol–water partition coefficient (Wildman–Crippen LogP) is 0.179. The minimum atomic E-state index is -3.43. The third-order valence-corrected chi connectivity index (χ3v) is 2.04. The number of hydrogen-bond acceptors (Lipinski definition) is 3. The van der Waals surface area contributed by atoms with Crippen LogP contribution in [0, 0.1) is 6.92 Å². The second-order valence-corrected chi connectivity index (χ2v) is 4.29. The van der Waals surface area contributed by atoms with E-state index in [1.807, 2.05) is 6.92 Å². The van der Waals surface area contributed by atoms with Gasteiger partial charge < -0.3 is 0 Å². The molecule has 12 heavy (non-hydrogen) atoms. The quantitative estimate of drug-likeness (QED) is 0.716. The van der Waals surface area contributed by atoms with Crippen LogP contribution in [0.4, 0.5) is 0 Å². The van der Waals surface area contributed by atoms with Crippen molar-refractivity contribution in [3.8, 4) is 0 Å². The smallest absolute Gasteiger partial charge is 0.213 e. The highest BCUT2D eigenvalue weighted by molar-refractivity contribution is 7.88. The number of hydrogen-bond donors (Lipinski definition) is 1. The van der Waals surface area contributed by atoms with Crippen LogP contribution < -0.4 is 5.14 Å². The predicted molar refractivity (Wildman–Crippen MR) is 45.8 cm³/mol. The van der Waals surface area contributed by atoms with Crippen LogP contribution in [0.15, 0.2) is 18.5 Å². The topological polar surface area (TPSA) is 73.0 Å². The summed E-state index contributed by atoms with van der Waals surface area (Å²) in [5.74, 6) is -0.151. The Morgan fingerprint density at radius 3 is 2.67 bits per heavy atom. The van der Waals surface area contributed by atoms with Gasteiger partial charge in [-0.05, 0) is 18.1 Å². The van der Waals surface area contributed by atoms with Gasteiger partial charge in [0.15, 0.2) is 0 Å². The second-order valence-electron chi connectivity index (χ2n) is 2.68. The van der Waals surface area contributed by atoms with Gasteiger partial charge in [-0.15, -0.1) is 0 Å². The number of pyridine rings is 1. The Hall–Kier alpha value is -0.940. The first-order chi connectivity index (χ1) is 5.47. The zero-order chi connectivity index (χ0) is 9.19. The molecule has 0 atom stereocenters. The number of primary sulfonamides is 1. The minimum Gasteiger partial charge on any atom is -0.264 e. The largest absolute Gasteiger partial charge is 0.264 e. The fraction of sp³-hybridized carbons (Fsp3) is 0.286. The number of sulfonamides is 1. The molecule has 0 unspecified atom stereocenters. The second kappa shape index (κ2) is 3.20. The van der Waals surface area contributed by atoms with E-state index < -0.39 is 10.0 Å². The maximum absolute atomic E-state index is 10.7. The molecule has 0 amide bonds. The Morgan fingerprint density at radius 1 is 1.50 bits per heavy atom. The Morgan fingerprint density at radius 2 is 2.17 bits per heavy atom. The van der Waals surface area contributed by atoms with Gasteiger partial charge in [-0.3, -0.25) is 4.98 Å². The van der Waals surface area contributed by atoms with Gasteiger partial charge in [-0.25, -0.2) is 13.6 Å². The summed E-state index contributed by atoms with van der Waals surface area (Å²) in [5.41, 5.74) is 1.55. The lowest BCUT2D eigenvalue weighted by atomic mass is 10.2. The van der Waals surface area contributed by atoms with Crippen molar-refractivity contribution < 1.29 is 8.42 Å². The molecule has 1 rings (SSSR count). The van der Waals surface area contributed by atoms with Crippen LogP contribution in [0.5, 0.6) is 0 Å². The van der Waals surface area contributed by atoms with E-state index in [9.17, 15) is 8.42 Å². The normalized spacial score (nSPS) is 11.5. The van der Waals surface area contributed by atoms with Gasteiger partial charge >= 0.3 is 0 Å². The van der Waals surface area contributed by atoms with Crippen molar-refractivity contribution in [2.75, 3.05) is 0 Å². The summed E-state index contributed by atoms with van der Waals surface area (Å²) in [6, 6.07) is 1.75. The van der Waals surface area contributed by atoms with Crippen LogP contribution in [0.1, 0.15) is 11.1 Å². The summed E-state index contributed by atoms with van der Waals surface area (Å²) < 4.78 is 21.3. The van der Waals surface area contributed by atoms with Crippen molar-refractivity contribution in [3.05, 3.63) is 29.6 Å². The lowest BCUT2D eigenvalue weighted by molar-refractivity contribution is 0.597. The minimum absolute atomic E-state index is 0.151. The van der Waals surface area contributed by atoms with E-state index in [-0.39, 0.29) is 5.75 Å². The fourth-order valence-corrected chi connectivity index (χ4v) is 1.55. The molecule has 0 saturated heterocycles. The maximum Gasteiger partial charge on any atom is 0.213 e. The number of aryl methyl sites for hydroxylation is 1. The Bertz CT molecular complexity index is 373. The van der Waals surface area contributed by atoms with Gasteiger partial charge in [0.2, 0.25) is 10.0 Å². The van der Waals surface area contributed by atoms with Crippen LogP contribution >= 0.6 is 0 Å². The van der Waals surface area contributed by atoms with Crippen LogP contribution in [0.3, 0.4) is 0 Å². The standard InChI is InChI=1S/C7H10N2O2S/c1-6-2-7(4-9-3-6)5-12(8,10)11/h2-4H,5H2,1H3,(H2,8,10,11). The molecule has 1 aromatic heterocycles. The van der Waals surface area contributed by atoms with Gasteiger partial charge in [0.1, 0.15) is 0 Å². The zero-order valence-corrected chi connectivity index (χ0v) is 7.50. The SMILES string of the molecule is Cc1cncc(CS(N)(=O)=O)c1. The molecule has 0 aliphatic heterocycles. The molecule has 1 aromatic rings. The van der Waals surface area contributed by atoms with Crippen LogP contribution in [0.2, 0.25) is 0 Å². The van der Waals surface area contributed by atoms with E-state index in [0.29, 0.717) is 5.56 Å². The van der Waals surface area contributed by atoms with E-state index in [0.717, 1.165) is 5.56 Å². The Labute approximate surface area is 71.5 Å². The van der Waals surface area contributed by atoms with E-state index >= 15 is 0 Å². The molecule has 0 aromatic carbocycles. The first kappa shape index (κ1) is 9.15. The highest BCUT2D eigenvalue weighted by Gasteiger charge is 2.04. The Kier molecular flexibility index (Phi) is 2.44. The molecule has 0 aliphatic carbocycles. The summed E-state index contributed by atoms with van der Waals surface area (Å²) in [6.45, 7) is 1.85. The number of aromatic nitrogens is 1. The van der Waals surface area contributed by atoms with Gasteiger partial charge in [0.25, 0.3) is 0 Å². The van der Waals surface area contributed by atoms with E-state index in [1.54, 1.807) is 12.3 Å². The van der Waals surface area contributed by atoms with Crippen molar-refractivity contribution in [1.82, 2.24) is 4.98 Å². The fourth-order valence-electron chi connectivity index (χ4n) is 0.929. The molecule has 0 fully saturated rings. The molecular weight excluding hydrogens is 176 g/mol. The van der Waals surface area contributed by atoms with Crippen molar-refractivity contribution in [1.29, 1.82) is 0 Å². The molecule has 0 aliphatic rings. The maximum atomic E-state index is 10.7. The number of nitrogens with two attached hydrogens (primary N) is 1. The van der Waals surface area contributed by atoms with E-state index in [1.165, 1.54) is 6.20 Å². The zero-order valence-electron chi connectivity index (χ0n) is 6.69. The molecule has 1 heterocycles. The molecular formula is C7H10N2O2S. The third-order valence-electron chi connectivity index (χ3n) is 1.30. The number of rotatable bonds is 2. The van der Waals surface area contributed by atoms with Crippen molar-refractivity contribution in [3.63, 3.8) is 0 Å². The first-order valence-electron chi connectivity index (χ1n) is 3.38. The summed E-state index contributed by atoms with van der Waals surface area (Å²) in [5, 5.41) is 4.86. The van der Waals surface area contributed by atoms with Crippen molar-refractivity contribution >= 4 is 10.0 Å². The summed E-state index contributed by atoms with van der Waals surface area (Å²) in [4.78, 5) is 3.85. The molecule has 66 valence electrons. The van der Waals surface area contributed by atoms with Crippen molar-refractivity contribution in [2.24, 2.45) is 5.14 Å². The van der Waals surface area contributed by atoms with Gasteiger partial charge in [-0.1, -0.05) is 6.07 Å². The highest BCUT2D eigenvalue weighted by Crippen LogP contribution is 2.03. The molecule has 0 spiro atoms. The first-order valence-corrected chi connectivity index (χ1v) is 5.10. The third kappa shape index (κ3) is 2.98. The van der Waals surface area contributed by atoms with Gasteiger partial charge in [0.05, 0.1) is 5.75 Å². The van der Waals surface area contributed by atoms with Crippen molar-refractivity contribution in [2.45, 2.75) is 12.7 Å². The van der Waals surface area contributed by atoms with Gasteiger partial charge in [0, 0.05) is 12.4 Å². The lowest BCUT2D eigenvalue weighted by Crippen LogP contribution is -2.14. The molecule has 5 heteroatoms. The lowest BCUT2D eigenvalue weighted by Gasteiger charge is -1.98. The van der Waals surface area contributed by atoms with Crippen LogP contribution in [-0.2, 0) is 15.8 Å². The van der Waals surface area contributed by atoms with E-state index in [4.69, 9.17) is 5.14 Å². The molecule has 4 nitrogen and oxygen atoms in total. The average molecular weight is 186 g/mol. The molecule has 0 radical (unpaired) electrons. The van der Waals surface area contributed by atoms with Gasteiger partial charge in [-0.2, -0.15) is 0 Å². The monoisotopic (exact) mass is 186 g/mol. The number of nitrogens with zero attached hydrogens (tertiary/aromatic N) is 1. The van der Waals surface area contributed by atoms with Crippen LogP contribution in [0.25, 0.3) is 0 Å². The molecule has 2 N–H and O–H groups in total. The van der Waals surface area contributed by atoms with E-state index in [2.05, 4.69) is 4.98 Å².